The Kier molecular flexibility index (Phi) is 6.38. The maximum absolute atomic E-state index is 12.2. The number of ether oxygens (including phenoxy) is 1. The average Bonchev–Trinajstić information content (AvgIpc) is 2.72. The topological polar surface area (TPSA) is 62.4 Å². The highest BCUT2D eigenvalue weighted by Crippen LogP contribution is 2.14. The highest BCUT2D eigenvalue weighted by atomic mass is 32.1. The molecular formula is C21H19N3O2S. The predicted molar refractivity (Wildman–Crippen MR) is 110 cm³/mol. The molecule has 0 aliphatic carbocycles. The molecule has 0 spiro atoms. The van der Waals surface area contributed by atoms with Crippen molar-refractivity contribution >= 4 is 28.9 Å². The van der Waals surface area contributed by atoms with Crippen molar-refractivity contribution in [2.75, 3.05) is 5.32 Å². The van der Waals surface area contributed by atoms with Gasteiger partial charge in [-0.2, -0.15) is 0 Å². The molecule has 3 aromatic rings. The second-order valence-corrected chi connectivity index (χ2v) is 6.11. The number of benzene rings is 3. The first-order valence-corrected chi connectivity index (χ1v) is 8.81. The van der Waals surface area contributed by atoms with Crippen LogP contribution in [0.3, 0.4) is 0 Å². The van der Waals surface area contributed by atoms with Crippen molar-refractivity contribution < 1.29 is 9.53 Å². The van der Waals surface area contributed by atoms with Crippen LogP contribution < -0.4 is 20.9 Å². The van der Waals surface area contributed by atoms with Crippen molar-refractivity contribution in [3.05, 3.63) is 96.1 Å². The summed E-state index contributed by atoms with van der Waals surface area (Å²) in [5, 5.41) is 3.28. The van der Waals surface area contributed by atoms with Gasteiger partial charge in [0.2, 0.25) is 0 Å². The van der Waals surface area contributed by atoms with E-state index < -0.39 is 0 Å². The van der Waals surface area contributed by atoms with Crippen LogP contribution in [0, 0.1) is 0 Å². The minimum absolute atomic E-state index is 0.290. The number of hydrogen-bond donors (Lipinski definition) is 3. The number of carbonyl (C=O) groups excluding carboxylic acids is 1. The van der Waals surface area contributed by atoms with Crippen molar-refractivity contribution in [1.29, 1.82) is 0 Å². The van der Waals surface area contributed by atoms with Crippen molar-refractivity contribution in [3.63, 3.8) is 0 Å². The normalized spacial score (nSPS) is 9.93. The summed E-state index contributed by atoms with van der Waals surface area (Å²) in [6, 6.07) is 26.3. The van der Waals surface area contributed by atoms with Crippen molar-refractivity contribution in [2.24, 2.45) is 0 Å². The van der Waals surface area contributed by atoms with Crippen LogP contribution >= 0.6 is 12.2 Å². The van der Waals surface area contributed by atoms with Gasteiger partial charge in [-0.3, -0.25) is 15.6 Å². The third-order valence-corrected chi connectivity index (χ3v) is 3.89. The van der Waals surface area contributed by atoms with E-state index in [9.17, 15) is 4.79 Å². The Morgan fingerprint density at radius 3 is 2.11 bits per heavy atom. The number of carbonyl (C=O) groups is 1. The third kappa shape index (κ3) is 5.83. The number of nitrogens with one attached hydrogen (secondary N) is 3. The monoisotopic (exact) mass is 377 g/mol. The van der Waals surface area contributed by atoms with Gasteiger partial charge >= 0.3 is 0 Å². The molecule has 0 saturated heterocycles. The SMILES string of the molecule is O=C(NNC(=S)Nc1ccccc1)c1ccc(OCc2ccccc2)cc1. The summed E-state index contributed by atoms with van der Waals surface area (Å²) < 4.78 is 5.71. The number of hydrogen-bond acceptors (Lipinski definition) is 3. The minimum Gasteiger partial charge on any atom is -0.489 e. The molecule has 0 bridgehead atoms. The van der Waals surface area contributed by atoms with E-state index in [-0.39, 0.29) is 5.91 Å². The van der Waals surface area contributed by atoms with E-state index >= 15 is 0 Å². The van der Waals surface area contributed by atoms with Gasteiger partial charge in [-0.25, -0.2) is 0 Å². The predicted octanol–water partition coefficient (Wildman–Crippen LogP) is 3.90. The van der Waals surface area contributed by atoms with Crippen LogP contribution in [0.1, 0.15) is 15.9 Å². The van der Waals surface area contributed by atoms with Crippen LogP contribution in [-0.2, 0) is 6.61 Å². The Bertz CT molecular complexity index is 884. The number of amides is 1. The third-order valence-electron chi connectivity index (χ3n) is 3.69. The smallest absolute Gasteiger partial charge is 0.269 e. The largest absolute Gasteiger partial charge is 0.489 e. The number of thiocarbonyl (C=S) groups is 1. The molecule has 0 unspecified atom stereocenters. The summed E-state index contributed by atoms with van der Waals surface area (Å²) in [5.41, 5.74) is 7.66. The molecule has 0 radical (unpaired) electrons. The summed E-state index contributed by atoms with van der Waals surface area (Å²) in [6.07, 6.45) is 0. The summed E-state index contributed by atoms with van der Waals surface area (Å²) >= 11 is 5.15. The Balaban J connectivity index is 1.46. The van der Waals surface area contributed by atoms with E-state index in [4.69, 9.17) is 17.0 Å². The zero-order valence-electron chi connectivity index (χ0n) is 14.5. The quantitative estimate of drug-likeness (QED) is 0.465. The molecule has 0 atom stereocenters. The molecule has 0 fully saturated rings. The molecule has 0 aliphatic rings. The van der Waals surface area contributed by atoms with Crippen molar-refractivity contribution in [2.45, 2.75) is 6.61 Å². The summed E-state index contributed by atoms with van der Waals surface area (Å²) in [7, 11) is 0. The highest BCUT2D eigenvalue weighted by molar-refractivity contribution is 7.80. The summed E-state index contributed by atoms with van der Waals surface area (Å²) in [5.74, 6) is 0.409. The Hall–Kier alpha value is -3.38. The molecule has 3 rings (SSSR count). The van der Waals surface area contributed by atoms with Gasteiger partial charge in [0.15, 0.2) is 5.11 Å². The lowest BCUT2D eigenvalue weighted by molar-refractivity contribution is 0.0944. The number of hydrazine groups is 1. The van der Waals surface area contributed by atoms with E-state index in [2.05, 4.69) is 16.2 Å². The Morgan fingerprint density at radius 1 is 0.815 bits per heavy atom. The molecule has 6 heteroatoms. The van der Waals surface area contributed by atoms with E-state index in [1.807, 2.05) is 60.7 Å². The van der Waals surface area contributed by atoms with Crippen LogP contribution in [0.25, 0.3) is 0 Å². The van der Waals surface area contributed by atoms with E-state index in [1.54, 1.807) is 24.3 Å². The molecule has 0 aromatic heterocycles. The number of anilines is 1. The van der Waals surface area contributed by atoms with E-state index in [0.29, 0.717) is 23.0 Å². The molecular weight excluding hydrogens is 358 g/mol. The molecule has 5 nitrogen and oxygen atoms in total. The lowest BCUT2D eigenvalue weighted by atomic mass is 10.2. The fourth-order valence-electron chi connectivity index (χ4n) is 2.31. The lowest BCUT2D eigenvalue weighted by Crippen LogP contribution is -2.43. The van der Waals surface area contributed by atoms with Crippen LogP contribution in [0.2, 0.25) is 0 Å². The second-order valence-electron chi connectivity index (χ2n) is 5.70. The second kappa shape index (κ2) is 9.35. The zero-order valence-corrected chi connectivity index (χ0v) is 15.3. The Labute approximate surface area is 163 Å². The van der Waals surface area contributed by atoms with Crippen LogP contribution in [0.15, 0.2) is 84.9 Å². The highest BCUT2D eigenvalue weighted by Gasteiger charge is 2.06. The van der Waals surface area contributed by atoms with Gasteiger partial charge in [0, 0.05) is 11.3 Å². The molecule has 136 valence electrons. The van der Waals surface area contributed by atoms with Crippen LogP contribution in [0.5, 0.6) is 5.75 Å². The fraction of sp³-hybridized carbons (Fsp3) is 0.0476. The average molecular weight is 377 g/mol. The van der Waals surface area contributed by atoms with Crippen LogP contribution in [-0.4, -0.2) is 11.0 Å². The van der Waals surface area contributed by atoms with Gasteiger partial charge in [0.05, 0.1) is 0 Å². The standard InChI is InChI=1S/C21H19N3O2S/c25-20(23-24-21(27)22-18-9-5-2-6-10-18)17-11-13-19(14-12-17)26-15-16-7-3-1-4-8-16/h1-14H,15H2,(H,23,25)(H2,22,24,27). The van der Waals surface area contributed by atoms with Gasteiger partial charge in [-0.1, -0.05) is 48.5 Å². The molecule has 0 aliphatic heterocycles. The summed E-state index contributed by atoms with van der Waals surface area (Å²) in [6.45, 7) is 0.480. The van der Waals surface area contributed by atoms with Gasteiger partial charge < -0.3 is 10.1 Å². The first kappa shape index (κ1) is 18.4. The maximum Gasteiger partial charge on any atom is 0.269 e. The number of rotatable bonds is 5. The van der Waals surface area contributed by atoms with E-state index in [0.717, 1.165) is 11.3 Å². The molecule has 3 aromatic carbocycles. The zero-order chi connectivity index (χ0) is 18.9. The molecule has 0 heterocycles. The van der Waals surface area contributed by atoms with Gasteiger partial charge in [0.1, 0.15) is 12.4 Å². The van der Waals surface area contributed by atoms with Crippen molar-refractivity contribution in [3.8, 4) is 5.75 Å². The van der Waals surface area contributed by atoms with Crippen molar-refractivity contribution in [1.82, 2.24) is 10.9 Å². The van der Waals surface area contributed by atoms with Gasteiger partial charge in [0.25, 0.3) is 5.91 Å². The molecule has 1 amide bonds. The maximum atomic E-state index is 12.2. The first-order chi connectivity index (χ1) is 13.2. The molecule has 0 saturated carbocycles. The number of para-hydroxylation sites is 1. The van der Waals surface area contributed by atoms with Crippen LogP contribution in [0.4, 0.5) is 5.69 Å². The minimum atomic E-state index is -0.290. The molecule has 27 heavy (non-hydrogen) atoms. The first-order valence-electron chi connectivity index (χ1n) is 8.40. The molecule has 3 N–H and O–H groups in total. The fourth-order valence-corrected chi connectivity index (χ4v) is 2.48. The van der Waals surface area contributed by atoms with Gasteiger partial charge in [-0.15, -0.1) is 0 Å². The van der Waals surface area contributed by atoms with Gasteiger partial charge in [-0.05, 0) is 54.2 Å². The summed E-state index contributed by atoms with van der Waals surface area (Å²) in [4.78, 5) is 12.2. The lowest BCUT2D eigenvalue weighted by Gasteiger charge is -2.12. The van der Waals surface area contributed by atoms with E-state index in [1.165, 1.54) is 0 Å². The Morgan fingerprint density at radius 2 is 1.44 bits per heavy atom.